The second kappa shape index (κ2) is 7.05. The summed E-state index contributed by atoms with van der Waals surface area (Å²) in [4.78, 5) is 24.7. The van der Waals surface area contributed by atoms with Crippen LogP contribution in [-0.4, -0.2) is 30.2 Å². The molecule has 1 unspecified atom stereocenters. The maximum absolute atomic E-state index is 11.6. The van der Waals surface area contributed by atoms with E-state index in [9.17, 15) is 9.59 Å². The SMILES string of the molecule is C=C(C)C(=O)C(C)CCCN(C)C(=O)C(=C)C. The highest BCUT2D eigenvalue weighted by Crippen LogP contribution is 2.12. The van der Waals surface area contributed by atoms with Crippen molar-refractivity contribution in [3.8, 4) is 0 Å². The van der Waals surface area contributed by atoms with Gasteiger partial charge in [-0.15, -0.1) is 0 Å². The second-order valence-corrected chi connectivity index (χ2v) is 4.69. The van der Waals surface area contributed by atoms with Crippen molar-refractivity contribution in [2.45, 2.75) is 33.6 Å². The summed E-state index contributed by atoms with van der Waals surface area (Å²) in [6.07, 6.45) is 1.59. The Hall–Kier alpha value is -1.38. The van der Waals surface area contributed by atoms with Crippen LogP contribution >= 0.6 is 0 Å². The van der Waals surface area contributed by atoms with Crippen LogP contribution in [0.1, 0.15) is 33.6 Å². The van der Waals surface area contributed by atoms with Crippen LogP contribution < -0.4 is 0 Å². The van der Waals surface area contributed by atoms with Gasteiger partial charge in [-0.05, 0) is 32.3 Å². The van der Waals surface area contributed by atoms with Gasteiger partial charge in [-0.1, -0.05) is 20.1 Å². The standard InChI is InChI=1S/C14H23NO2/c1-10(2)13(16)12(5)8-7-9-15(6)14(17)11(3)4/h12H,1,3,7-9H2,2,4-6H3. The zero-order chi connectivity index (χ0) is 13.6. The predicted molar refractivity (Wildman–Crippen MR) is 70.7 cm³/mol. The number of amides is 1. The minimum Gasteiger partial charge on any atom is -0.342 e. The van der Waals surface area contributed by atoms with E-state index in [2.05, 4.69) is 13.2 Å². The highest BCUT2D eigenvalue weighted by Gasteiger charge is 2.14. The highest BCUT2D eigenvalue weighted by molar-refractivity contribution is 5.95. The van der Waals surface area contributed by atoms with E-state index in [-0.39, 0.29) is 17.6 Å². The molecule has 96 valence electrons. The van der Waals surface area contributed by atoms with Crippen molar-refractivity contribution in [1.29, 1.82) is 0 Å². The Morgan fingerprint density at radius 3 is 2.12 bits per heavy atom. The van der Waals surface area contributed by atoms with Crippen molar-refractivity contribution in [1.82, 2.24) is 4.90 Å². The van der Waals surface area contributed by atoms with E-state index < -0.39 is 0 Å². The molecule has 17 heavy (non-hydrogen) atoms. The summed E-state index contributed by atoms with van der Waals surface area (Å²) in [5, 5.41) is 0. The normalized spacial score (nSPS) is 11.8. The number of carbonyl (C=O) groups excluding carboxylic acids is 2. The summed E-state index contributed by atoms with van der Waals surface area (Å²) in [7, 11) is 1.75. The van der Waals surface area contributed by atoms with E-state index in [0.29, 0.717) is 17.7 Å². The fraction of sp³-hybridized carbons (Fsp3) is 0.571. The van der Waals surface area contributed by atoms with Crippen molar-refractivity contribution in [3.05, 3.63) is 24.3 Å². The summed E-state index contributed by atoms with van der Waals surface area (Å²) in [5.74, 6) is 0.0589. The zero-order valence-electron chi connectivity index (χ0n) is 11.4. The van der Waals surface area contributed by atoms with Crippen LogP contribution in [0.5, 0.6) is 0 Å². The fourth-order valence-electron chi connectivity index (χ4n) is 1.61. The molecule has 0 aliphatic carbocycles. The van der Waals surface area contributed by atoms with Crippen LogP contribution in [0.25, 0.3) is 0 Å². The van der Waals surface area contributed by atoms with Gasteiger partial charge in [0, 0.05) is 25.1 Å². The predicted octanol–water partition coefficient (Wildman–Crippen LogP) is 2.58. The molecule has 0 N–H and O–H groups in total. The second-order valence-electron chi connectivity index (χ2n) is 4.69. The Kier molecular flexibility index (Phi) is 6.47. The molecule has 0 aliphatic heterocycles. The average molecular weight is 237 g/mol. The number of carbonyl (C=O) groups is 2. The Bertz CT molecular complexity index is 299. The Balaban J connectivity index is 4.00. The summed E-state index contributed by atoms with van der Waals surface area (Å²) >= 11 is 0. The lowest BCUT2D eigenvalue weighted by Crippen LogP contribution is -2.28. The summed E-state index contributed by atoms with van der Waals surface area (Å²) < 4.78 is 0. The van der Waals surface area contributed by atoms with Crippen molar-refractivity contribution in [2.75, 3.05) is 13.6 Å². The minimum absolute atomic E-state index is 0.0131. The molecule has 0 heterocycles. The molecule has 0 spiro atoms. The van der Waals surface area contributed by atoms with Crippen LogP contribution in [0.3, 0.4) is 0 Å². The number of nitrogens with zero attached hydrogens (tertiary/aromatic N) is 1. The molecule has 0 bridgehead atoms. The van der Waals surface area contributed by atoms with Gasteiger partial charge in [-0.3, -0.25) is 9.59 Å². The van der Waals surface area contributed by atoms with Gasteiger partial charge in [0.05, 0.1) is 0 Å². The van der Waals surface area contributed by atoms with Crippen molar-refractivity contribution in [2.24, 2.45) is 5.92 Å². The van der Waals surface area contributed by atoms with Gasteiger partial charge in [-0.25, -0.2) is 0 Å². The van der Waals surface area contributed by atoms with Crippen molar-refractivity contribution in [3.63, 3.8) is 0 Å². The van der Waals surface area contributed by atoms with E-state index in [0.717, 1.165) is 12.8 Å². The first-order valence-corrected chi connectivity index (χ1v) is 5.88. The third-order valence-electron chi connectivity index (χ3n) is 2.71. The topological polar surface area (TPSA) is 37.4 Å². The molecule has 0 radical (unpaired) electrons. The summed E-state index contributed by atoms with van der Waals surface area (Å²) in [6, 6.07) is 0. The Labute approximate surface area is 104 Å². The van der Waals surface area contributed by atoms with E-state index in [1.165, 1.54) is 0 Å². The zero-order valence-corrected chi connectivity index (χ0v) is 11.4. The van der Waals surface area contributed by atoms with Crippen molar-refractivity contribution < 1.29 is 9.59 Å². The van der Waals surface area contributed by atoms with Crippen LogP contribution in [0, 0.1) is 5.92 Å². The quantitative estimate of drug-likeness (QED) is 0.638. The lowest BCUT2D eigenvalue weighted by atomic mass is 9.96. The first-order valence-electron chi connectivity index (χ1n) is 5.88. The number of hydrogen-bond donors (Lipinski definition) is 0. The number of likely N-dealkylation sites (N-methyl/N-ethyl adjacent to an activating group) is 1. The molecule has 0 aliphatic rings. The van der Waals surface area contributed by atoms with Crippen LogP contribution in [-0.2, 0) is 9.59 Å². The molecule has 0 saturated heterocycles. The van der Waals surface area contributed by atoms with Crippen LogP contribution in [0.4, 0.5) is 0 Å². The van der Waals surface area contributed by atoms with Gasteiger partial charge < -0.3 is 4.90 Å². The molecular weight excluding hydrogens is 214 g/mol. The monoisotopic (exact) mass is 237 g/mol. The molecule has 0 saturated carbocycles. The van der Waals surface area contributed by atoms with Gasteiger partial charge in [0.2, 0.25) is 5.91 Å². The highest BCUT2D eigenvalue weighted by atomic mass is 16.2. The van der Waals surface area contributed by atoms with Gasteiger partial charge in [-0.2, -0.15) is 0 Å². The smallest absolute Gasteiger partial charge is 0.248 e. The number of rotatable bonds is 7. The lowest BCUT2D eigenvalue weighted by molar-refractivity contribution is -0.125. The van der Waals surface area contributed by atoms with Gasteiger partial charge in [0.1, 0.15) is 0 Å². The fourth-order valence-corrected chi connectivity index (χ4v) is 1.61. The number of hydrogen-bond acceptors (Lipinski definition) is 2. The van der Waals surface area contributed by atoms with Crippen molar-refractivity contribution >= 4 is 11.7 Å². The van der Waals surface area contributed by atoms with Crippen LogP contribution in [0.2, 0.25) is 0 Å². The number of ketones is 1. The van der Waals surface area contributed by atoms with E-state index >= 15 is 0 Å². The maximum Gasteiger partial charge on any atom is 0.248 e. The molecule has 0 fully saturated rings. The Morgan fingerprint density at radius 2 is 1.71 bits per heavy atom. The summed E-state index contributed by atoms with van der Waals surface area (Å²) in [6.45, 7) is 13.2. The average Bonchev–Trinajstić information content (AvgIpc) is 2.26. The number of Topliss-reactive ketones (excluding diaryl/α,β-unsaturated/α-hetero) is 1. The van der Waals surface area contributed by atoms with E-state index in [1.54, 1.807) is 25.8 Å². The first kappa shape index (κ1) is 15.6. The third-order valence-corrected chi connectivity index (χ3v) is 2.71. The molecule has 3 nitrogen and oxygen atoms in total. The minimum atomic E-state index is -0.0381. The molecule has 0 aromatic heterocycles. The molecule has 3 heteroatoms. The maximum atomic E-state index is 11.6. The largest absolute Gasteiger partial charge is 0.342 e. The molecule has 0 aromatic carbocycles. The van der Waals surface area contributed by atoms with E-state index in [1.807, 2.05) is 6.92 Å². The Morgan fingerprint density at radius 1 is 1.18 bits per heavy atom. The molecule has 1 amide bonds. The van der Waals surface area contributed by atoms with Gasteiger partial charge in [0.25, 0.3) is 0 Å². The number of allylic oxidation sites excluding steroid dienone is 1. The van der Waals surface area contributed by atoms with Crippen LogP contribution in [0.15, 0.2) is 24.3 Å². The molecule has 0 rings (SSSR count). The molecule has 0 aromatic rings. The van der Waals surface area contributed by atoms with Gasteiger partial charge in [0.15, 0.2) is 5.78 Å². The van der Waals surface area contributed by atoms with Gasteiger partial charge >= 0.3 is 0 Å². The lowest BCUT2D eigenvalue weighted by Gasteiger charge is -2.18. The first-order chi connectivity index (χ1) is 7.77. The summed E-state index contributed by atoms with van der Waals surface area (Å²) in [5.41, 5.74) is 1.14. The third kappa shape index (κ3) is 5.48. The van der Waals surface area contributed by atoms with E-state index in [4.69, 9.17) is 0 Å². The molecule has 1 atom stereocenters. The molecular formula is C14H23NO2.